The largest absolute Gasteiger partial charge is 0.508 e. The van der Waals surface area contributed by atoms with Crippen molar-refractivity contribution >= 4 is 23.2 Å². The first-order valence-corrected chi connectivity index (χ1v) is 12.1. The smallest absolute Gasteiger partial charge is 0.255 e. The van der Waals surface area contributed by atoms with Crippen LogP contribution in [0.3, 0.4) is 0 Å². The van der Waals surface area contributed by atoms with Crippen molar-refractivity contribution < 1.29 is 34.8 Å². The highest BCUT2D eigenvalue weighted by Crippen LogP contribution is 2.54. The number of rotatable bonds is 3. The molecule has 0 aliphatic heterocycles. The molecule has 36 heavy (non-hydrogen) atoms. The molecule has 0 bridgehead atoms. The number of phenols is 1. The Balaban J connectivity index is 2.02. The molecule has 9 heteroatoms. The maximum Gasteiger partial charge on any atom is 0.255 e. The monoisotopic (exact) mass is 498 g/mol. The molecule has 1 saturated carbocycles. The number of phenolic OH excluding ortho intramolecular Hbond substituents is 1. The third-order valence-corrected chi connectivity index (χ3v) is 8.00. The quantitative estimate of drug-likeness (QED) is 0.394. The number of aromatic hydroxyl groups is 1. The van der Waals surface area contributed by atoms with E-state index in [0.717, 1.165) is 5.56 Å². The van der Waals surface area contributed by atoms with Gasteiger partial charge >= 0.3 is 0 Å². The molecule has 4 rings (SSSR count). The molecule has 0 spiro atoms. The van der Waals surface area contributed by atoms with Crippen molar-refractivity contribution in [2.24, 2.45) is 17.6 Å². The lowest BCUT2D eigenvalue weighted by atomic mass is 9.57. The minimum absolute atomic E-state index is 0.0801. The number of hydrogen-bond acceptors (Lipinski definition) is 8. The van der Waals surface area contributed by atoms with Crippen LogP contribution < -0.4 is 5.73 Å². The van der Waals surface area contributed by atoms with Crippen LogP contribution in [0, 0.1) is 11.8 Å². The zero-order chi connectivity index (χ0) is 27.1. The van der Waals surface area contributed by atoms with E-state index in [2.05, 4.69) is 0 Å². The van der Waals surface area contributed by atoms with Crippen LogP contribution in [0.1, 0.15) is 56.4 Å². The highest BCUT2D eigenvalue weighted by molar-refractivity contribution is 6.24. The van der Waals surface area contributed by atoms with Gasteiger partial charge in [-0.3, -0.25) is 19.3 Å². The first kappa shape index (κ1) is 25.9. The number of primary amides is 1. The zero-order valence-electron chi connectivity index (χ0n) is 21.5. The van der Waals surface area contributed by atoms with Gasteiger partial charge in [0.25, 0.3) is 5.91 Å². The van der Waals surface area contributed by atoms with Crippen molar-refractivity contribution in [3.63, 3.8) is 0 Å². The van der Waals surface area contributed by atoms with Crippen LogP contribution >= 0.6 is 0 Å². The molecule has 1 amide bonds. The molecule has 1 aromatic carbocycles. The van der Waals surface area contributed by atoms with Crippen molar-refractivity contribution in [2.75, 3.05) is 14.1 Å². The molecular formula is C27H34N2O7. The van der Waals surface area contributed by atoms with Crippen LogP contribution in [0.4, 0.5) is 0 Å². The molecular weight excluding hydrogens is 464 g/mol. The number of nitrogens with zero attached hydrogens (tertiary/aromatic N) is 1. The van der Waals surface area contributed by atoms with Gasteiger partial charge in [-0.05, 0) is 55.8 Å². The van der Waals surface area contributed by atoms with E-state index in [1.807, 2.05) is 33.8 Å². The van der Waals surface area contributed by atoms with E-state index in [1.165, 1.54) is 4.90 Å². The summed E-state index contributed by atoms with van der Waals surface area (Å²) < 4.78 is 0. The third kappa shape index (κ3) is 3.33. The number of aryl methyl sites for hydroxylation is 1. The molecule has 194 valence electrons. The van der Waals surface area contributed by atoms with E-state index in [4.69, 9.17) is 5.73 Å². The minimum Gasteiger partial charge on any atom is -0.508 e. The van der Waals surface area contributed by atoms with Crippen molar-refractivity contribution in [3.05, 3.63) is 45.2 Å². The summed E-state index contributed by atoms with van der Waals surface area (Å²) in [4.78, 5) is 40.6. The van der Waals surface area contributed by atoms with Gasteiger partial charge < -0.3 is 26.2 Å². The summed E-state index contributed by atoms with van der Waals surface area (Å²) >= 11 is 0. The van der Waals surface area contributed by atoms with Gasteiger partial charge in [0.15, 0.2) is 11.4 Å². The van der Waals surface area contributed by atoms with E-state index in [0.29, 0.717) is 24.0 Å². The van der Waals surface area contributed by atoms with Gasteiger partial charge in [0.1, 0.15) is 22.8 Å². The minimum atomic E-state index is -2.63. The molecule has 0 heterocycles. The van der Waals surface area contributed by atoms with Gasteiger partial charge in [0.2, 0.25) is 5.78 Å². The Morgan fingerprint density at radius 1 is 1.19 bits per heavy atom. The van der Waals surface area contributed by atoms with Crippen LogP contribution in [-0.2, 0) is 32.6 Å². The van der Waals surface area contributed by atoms with Crippen molar-refractivity contribution in [3.8, 4) is 5.75 Å². The second-order valence-electron chi connectivity index (χ2n) is 11.4. The topological polar surface area (TPSA) is 161 Å². The predicted molar refractivity (Wildman–Crippen MR) is 132 cm³/mol. The Labute approximate surface area is 209 Å². The third-order valence-electron chi connectivity index (χ3n) is 8.00. The number of hydrogen-bond donors (Lipinski definition) is 5. The average Bonchev–Trinajstić information content (AvgIpc) is 2.75. The Morgan fingerprint density at radius 2 is 1.81 bits per heavy atom. The summed E-state index contributed by atoms with van der Waals surface area (Å²) in [5.41, 5.74) is 3.72. The van der Waals surface area contributed by atoms with Crippen LogP contribution in [0.15, 0.2) is 23.0 Å². The molecule has 3 aliphatic carbocycles. The van der Waals surface area contributed by atoms with Crippen LogP contribution in [-0.4, -0.2) is 68.5 Å². The van der Waals surface area contributed by atoms with E-state index in [9.17, 15) is 34.8 Å². The SMILES string of the molecule is CCc1cc(C(C)(C)C)c(O)c2c1CC1CC3C(N(C)C)C(=O)C(C(N)=O)=C(O)C3(O)C(=O)C1=C2O. The Bertz CT molecular complexity index is 1270. The number of carbonyl (C=O) groups excluding carboxylic acids is 3. The Morgan fingerprint density at radius 3 is 2.31 bits per heavy atom. The summed E-state index contributed by atoms with van der Waals surface area (Å²) in [6, 6.07) is 0.832. The van der Waals surface area contributed by atoms with Gasteiger partial charge in [0, 0.05) is 17.1 Å². The highest BCUT2D eigenvalue weighted by atomic mass is 16.3. The van der Waals surface area contributed by atoms with Gasteiger partial charge in [-0.1, -0.05) is 33.8 Å². The van der Waals surface area contributed by atoms with Gasteiger partial charge in [0.05, 0.1) is 11.6 Å². The van der Waals surface area contributed by atoms with Gasteiger partial charge in [-0.2, -0.15) is 0 Å². The lowest BCUT2D eigenvalue weighted by Gasteiger charge is -2.50. The predicted octanol–water partition coefficient (Wildman–Crippen LogP) is 1.82. The number of ketones is 2. The number of benzene rings is 1. The van der Waals surface area contributed by atoms with Crippen LogP contribution in [0.2, 0.25) is 0 Å². The summed E-state index contributed by atoms with van der Waals surface area (Å²) in [5, 5.41) is 45.2. The van der Waals surface area contributed by atoms with E-state index in [1.54, 1.807) is 14.1 Å². The fourth-order valence-electron chi connectivity index (χ4n) is 6.28. The molecule has 0 aromatic heterocycles. The fraction of sp³-hybridized carbons (Fsp3) is 0.519. The standard InChI is InChI=1S/C27H34N2O7/c1-7-11-9-15(26(2,3)4)20(30)17-13(11)8-12-10-14-19(29(5)6)22(32)18(25(28)35)24(34)27(14,36)23(33)16(12)21(17)31/h9,12,14,19,30-31,34,36H,7-8,10H2,1-6H3,(H2,28,35). The molecule has 0 radical (unpaired) electrons. The lowest BCUT2D eigenvalue weighted by molar-refractivity contribution is -0.153. The second kappa shape index (κ2) is 8.18. The molecule has 3 aliphatic rings. The van der Waals surface area contributed by atoms with E-state index >= 15 is 0 Å². The number of carbonyl (C=O) groups is 3. The van der Waals surface area contributed by atoms with Gasteiger partial charge in [-0.25, -0.2) is 0 Å². The van der Waals surface area contributed by atoms with Crippen molar-refractivity contribution in [1.29, 1.82) is 0 Å². The summed E-state index contributed by atoms with van der Waals surface area (Å²) in [5.74, 6) is -6.34. The highest BCUT2D eigenvalue weighted by Gasteiger charge is 2.64. The number of aliphatic hydroxyl groups is 3. The zero-order valence-corrected chi connectivity index (χ0v) is 21.5. The molecule has 4 atom stereocenters. The number of aliphatic hydroxyl groups excluding tert-OH is 2. The normalized spacial score (nSPS) is 28.3. The first-order chi connectivity index (χ1) is 16.6. The number of likely N-dealkylation sites (N-methyl/N-ethyl adjacent to an activating group) is 1. The van der Waals surface area contributed by atoms with E-state index < -0.39 is 63.5 Å². The average molecular weight is 499 g/mol. The molecule has 9 nitrogen and oxygen atoms in total. The maximum absolute atomic E-state index is 13.9. The number of amides is 1. The van der Waals surface area contributed by atoms with Crippen molar-refractivity contribution in [2.45, 2.75) is 64.0 Å². The molecule has 4 unspecified atom stereocenters. The van der Waals surface area contributed by atoms with Crippen LogP contribution in [0.25, 0.3) is 5.76 Å². The second-order valence-corrected chi connectivity index (χ2v) is 11.4. The van der Waals surface area contributed by atoms with Crippen molar-refractivity contribution in [1.82, 2.24) is 4.90 Å². The van der Waals surface area contributed by atoms with Gasteiger partial charge in [-0.15, -0.1) is 0 Å². The number of Topliss-reactive ketones (excluding diaryl/α,β-unsaturated/α-hetero) is 2. The van der Waals surface area contributed by atoms with Crippen LogP contribution in [0.5, 0.6) is 5.75 Å². The summed E-state index contributed by atoms with van der Waals surface area (Å²) in [6.45, 7) is 7.75. The number of nitrogens with two attached hydrogens (primary N) is 1. The molecule has 0 saturated heterocycles. The Hall–Kier alpha value is -3.17. The van der Waals surface area contributed by atoms with E-state index in [-0.39, 0.29) is 23.3 Å². The first-order valence-electron chi connectivity index (χ1n) is 12.1. The summed E-state index contributed by atoms with van der Waals surface area (Å²) in [7, 11) is 3.16. The summed E-state index contributed by atoms with van der Waals surface area (Å²) in [6.07, 6.45) is 1.01. The molecule has 1 fully saturated rings. The maximum atomic E-state index is 13.9. The number of fused-ring (bicyclic) bond motifs is 3. The Kier molecular flexibility index (Phi) is 5.88. The molecule has 1 aromatic rings. The lowest BCUT2D eigenvalue weighted by Crippen LogP contribution is -2.65. The fourth-order valence-corrected chi connectivity index (χ4v) is 6.28. The molecule has 6 N–H and O–H groups in total.